The number of ether oxygens (including phenoxy) is 1. The molecule has 0 N–H and O–H groups in total. The Bertz CT molecular complexity index is 2060. The van der Waals surface area contributed by atoms with Gasteiger partial charge in [-0.05, 0) is 54.5 Å². The second-order valence-corrected chi connectivity index (χ2v) is 13.0. The van der Waals surface area contributed by atoms with Crippen LogP contribution in [0.1, 0.15) is 28.2 Å². The fourth-order valence-electron chi connectivity index (χ4n) is 5.89. The van der Waals surface area contributed by atoms with Gasteiger partial charge in [-0.1, -0.05) is 126 Å². The third-order valence-corrected chi connectivity index (χ3v) is 9.66. The summed E-state index contributed by atoms with van der Waals surface area (Å²) in [5.74, 6) is -0.164. The van der Waals surface area contributed by atoms with Gasteiger partial charge < -0.3 is 4.74 Å². The summed E-state index contributed by atoms with van der Waals surface area (Å²) in [4.78, 5) is 0.0651. The Hall–Kier alpha value is -4.98. The molecule has 2 aliphatic heterocycles. The summed E-state index contributed by atoms with van der Waals surface area (Å²) in [6.07, 6.45) is 1.94. The summed E-state index contributed by atoms with van der Waals surface area (Å²) in [7, 11) is -4.21. The lowest BCUT2D eigenvalue weighted by molar-refractivity contribution is 0.474. The van der Waals surface area contributed by atoms with Crippen LogP contribution in [0.15, 0.2) is 160 Å². The number of benzene rings is 5. The molecule has 0 amide bonds. The van der Waals surface area contributed by atoms with E-state index >= 15 is 0 Å². The zero-order valence-corrected chi connectivity index (χ0v) is 25.9. The number of sulfonamides is 1. The maximum Gasteiger partial charge on any atom is 0.285 e. The molecule has 222 valence electrons. The number of hydrazone groups is 1. The van der Waals surface area contributed by atoms with Crippen LogP contribution in [0.2, 0.25) is 5.02 Å². The molecule has 1 spiro atoms. The van der Waals surface area contributed by atoms with E-state index in [4.69, 9.17) is 21.4 Å². The van der Waals surface area contributed by atoms with Crippen molar-refractivity contribution in [3.8, 4) is 0 Å². The number of para-hydroxylation sites is 1. The first-order chi connectivity index (χ1) is 21.9. The SMILES string of the molecule is Cc1ccc(S(=O)(=O)/N=C2\OC(c3ccccc3)=CC23C(c2ccccc2Cl)C(c2ccccc2)=NN3c2ccccc2)cc1. The normalized spacial score (nSPS) is 20.3. The van der Waals surface area contributed by atoms with Gasteiger partial charge in [-0.3, -0.25) is 0 Å². The van der Waals surface area contributed by atoms with E-state index in [0.717, 1.165) is 27.9 Å². The minimum Gasteiger partial charge on any atom is -0.439 e. The van der Waals surface area contributed by atoms with E-state index in [1.165, 1.54) is 0 Å². The van der Waals surface area contributed by atoms with Crippen molar-refractivity contribution in [2.45, 2.75) is 23.3 Å². The minimum absolute atomic E-state index is 0.0228. The van der Waals surface area contributed by atoms with Crippen molar-refractivity contribution < 1.29 is 13.2 Å². The zero-order chi connectivity index (χ0) is 31.0. The van der Waals surface area contributed by atoms with Gasteiger partial charge in [0, 0.05) is 10.6 Å². The fraction of sp³-hybridized carbons (Fsp3) is 0.0811. The van der Waals surface area contributed by atoms with E-state index in [1.807, 2.05) is 133 Å². The Labute approximate surface area is 267 Å². The Morgan fingerprint density at radius 2 is 1.33 bits per heavy atom. The van der Waals surface area contributed by atoms with Gasteiger partial charge in [0.15, 0.2) is 5.54 Å². The molecule has 5 aromatic rings. The molecule has 6 nitrogen and oxygen atoms in total. The molecule has 0 aromatic heterocycles. The van der Waals surface area contributed by atoms with Crippen LogP contribution in [-0.4, -0.2) is 25.6 Å². The third kappa shape index (κ3) is 5.14. The highest BCUT2D eigenvalue weighted by Crippen LogP contribution is 2.52. The summed E-state index contributed by atoms with van der Waals surface area (Å²) >= 11 is 6.96. The van der Waals surface area contributed by atoms with Crippen LogP contribution in [0.4, 0.5) is 5.69 Å². The molecule has 0 saturated heterocycles. The molecule has 2 aliphatic rings. The van der Waals surface area contributed by atoms with Crippen LogP contribution >= 0.6 is 11.6 Å². The summed E-state index contributed by atoms with van der Waals surface area (Å²) < 4.78 is 39.1. The number of hydrogen-bond acceptors (Lipinski definition) is 5. The standard InChI is InChI=1S/C37H28ClN3O3S/c1-26-21-23-30(24-22-26)45(42,43)40-36-37(25-33(44-36)27-13-5-2-6-14-27)34(31-19-11-12-20-32(31)38)35(28-15-7-3-8-16-28)39-41(37)29-17-9-4-10-18-29/h2-25,34H,1H3/b40-36-. The molecule has 0 radical (unpaired) electrons. The lowest BCUT2D eigenvalue weighted by atomic mass is 9.75. The zero-order valence-electron chi connectivity index (χ0n) is 24.3. The molecular formula is C37H28ClN3O3S. The number of halogens is 1. The van der Waals surface area contributed by atoms with Crippen molar-refractivity contribution >= 4 is 44.7 Å². The van der Waals surface area contributed by atoms with Crippen molar-refractivity contribution in [2.24, 2.45) is 9.50 Å². The molecule has 45 heavy (non-hydrogen) atoms. The average molecular weight is 630 g/mol. The van der Waals surface area contributed by atoms with E-state index in [1.54, 1.807) is 24.3 Å². The summed E-state index contributed by atoms with van der Waals surface area (Å²) in [6.45, 7) is 1.90. The number of aryl methyl sites for hydroxylation is 1. The maximum atomic E-state index is 14.0. The highest BCUT2D eigenvalue weighted by Gasteiger charge is 2.60. The summed E-state index contributed by atoms with van der Waals surface area (Å²) in [5.41, 5.74) is 3.41. The van der Waals surface area contributed by atoms with Crippen LogP contribution in [0, 0.1) is 6.92 Å². The molecule has 2 atom stereocenters. The van der Waals surface area contributed by atoms with Gasteiger partial charge in [0.05, 0.1) is 22.2 Å². The van der Waals surface area contributed by atoms with Gasteiger partial charge in [-0.2, -0.15) is 13.5 Å². The lowest BCUT2D eigenvalue weighted by Crippen LogP contribution is -2.51. The molecule has 0 fully saturated rings. The van der Waals surface area contributed by atoms with E-state index in [2.05, 4.69) is 4.40 Å². The van der Waals surface area contributed by atoms with Crippen LogP contribution in [0.3, 0.4) is 0 Å². The number of hydrogen-bond donors (Lipinski definition) is 0. The van der Waals surface area contributed by atoms with Gasteiger partial charge in [-0.15, -0.1) is 4.40 Å². The van der Waals surface area contributed by atoms with Crippen molar-refractivity contribution in [1.29, 1.82) is 0 Å². The fourth-order valence-corrected chi connectivity index (χ4v) is 7.12. The van der Waals surface area contributed by atoms with Crippen LogP contribution < -0.4 is 5.01 Å². The molecule has 2 unspecified atom stereocenters. The maximum absolute atomic E-state index is 14.0. The Morgan fingerprint density at radius 1 is 0.756 bits per heavy atom. The first-order valence-electron chi connectivity index (χ1n) is 14.5. The second-order valence-electron chi connectivity index (χ2n) is 10.9. The van der Waals surface area contributed by atoms with Crippen molar-refractivity contribution in [3.63, 3.8) is 0 Å². The molecule has 0 bridgehead atoms. The monoisotopic (exact) mass is 629 g/mol. The van der Waals surface area contributed by atoms with Crippen molar-refractivity contribution in [1.82, 2.24) is 0 Å². The molecule has 5 aromatic carbocycles. The van der Waals surface area contributed by atoms with Crippen LogP contribution in [0.5, 0.6) is 0 Å². The predicted molar refractivity (Wildman–Crippen MR) is 180 cm³/mol. The smallest absolute Gasteiger partial charge is 0.285 e. The molecule has 2 heterocycles. The van der Waals surface area contributed by atoms with E-state index in [0.29, 0.717) is 16.5 Å². The van der Waals surface area contributed by atoms with Gasteiger partial charge in [0.1, 0.15) is 5.76 Å². The largest absolute Gasteiger partial charge is 0.439 e. The molecule has 0 aliphatic carbocycles. The summed E-state index contributed by atoms with van der Waals surface area (Å²) in [5, 5.41) is 7.59. The molecule has 8 heteroatoms. The van der Waals surface area contributed by atoms with Gasteiger partial charge in [-0.25, -0.2) is 5.01 Å². The molecule has 0 saturated carbocycles. The topological polar surface area (TPSA) is 71.3 Å². The first-order valence-corrected chi connectivity index (χ1v) is 16.3. The van der Waals surface area contributed by atoms with E-state index in [-0.39, 0.29) is 10.8 Å². The van der Waals surface area contributed by atoms with Gasteiger partial charge >= 0.3 is 0 Å². The lowest BCUT2D eigenvalue weighted by Gasteiger charge is -2.36. The first kappa shape index (κ1) is 28.8. The van der Waals surface area contributed by atoms with Crippen molar-refractivity contribution in [3.05, 3.63) is 173 Å². The minimum atomic E-state index is -4.21. The Balaban J connectivity index is 1.56. The average Bonchev–Trinajstić information content (AvgIpc) is 3.60. The predicted octanol–water partition coefficient (Wildman–Crippen LogP) is 8.25. The number of rotatable bonds is 6. The van der Waals surface area contributed by atoms with Crippen LogP contribution in [-0.2, 0) is 14.8 Å². The summed E-state index contributed by atoms with van der Waals surface area (Å²) in [6, 6.07) is 43.2. The molecular weight excluding hydrogens is 602 g/mol. The third-order valence-electron chi connectivity index (χ3n) is 8.04. The Morgan fingerprint density at radius 3 is 1.98 bits per heavy atom. The Kier molecular flexibility index (Phi) is 7.36. The highest BCUT2D eigenvalue weighted by atomic mass is 35.5. The second kappa shape index (κ2) is 11.5. The molecule has 7 rings (SSSR count). The van der Waals surface area contributed by atoms with E-state index < -0.39 is 21.5 Å². The van der Waals surface area contributed by atoms with E-state index in [9.17, 15) is 8.42 Å². The quantitative estimate of drug-likeness (QED) is 0.190. The highest BCUT2D eigenvalue weighted by molar-refractivity contribution is 7.90. The van der Waals surface area contributed by atoms with Crippen molar-refractivity contribution in [2.75, 3.05) is 5.01 Å². The van der Waals surface area contributed by atoms with Gasteiger partial charge in [0.25, 0.3) is 10.0 Å². The van der Waals surface area contributed by atoms with Gasteiger partial charge in [0.2, 0.25) is 5.90 Å². The number of anilines is 1. The number of nitrogens with zero attached hydrogens (tertiary/aromatic N) is 3. The van der Waals surface area contributed by atoms with Crippen LogP contribution in [0.25, 0.3) is 5.76 Å².